The van der Waals surface area contributed by atoms with Crippen LogP contribution < -0.4 is 5.32 Å². The van der Waals surface area contributed by atoms with Crippen molar-refractivity contribution in [1.29, 1.82) is 0 Å². The van der Waals surface area contributed by atoms with Crippen molar-refractivity contribution in [1.82, 2.24) is 20.1 Å². The number of carbonyl (C=O) groups excluding carboxylic acids is 1. The molecule has 2 rings (SSSR count). The van der Waals surface area contributed by atoms with Crippen LogP contribution in [-0.4, -0.2) is 67.1 Å². The number of carboxylic acids is 2. The molecule has 0 saturated carbocycles. The summed E-state index contributed by atoms with van der Waals surface area (Å²) in [6.45, 7) is 4.24. The van der Waals surface area contributed by atoms with Gasteiger partial charge in [0, 0.05) is 23.7 Å². The Bertz CT molecular complexity index is 988. The average molecular weight is 529 g/mol. The number of amides is 1. The molecule has 0 aliphatic heterocycles. The first-order valence-electron chi connectivity index (χ1n) is 9.07. The molecular formula is C18H20ClF3N4O5S2. The quantitative estimate of drug-likeness (QED) is 0.328. The molecule has 0 spiro atoms. The average Bonchev–Trinajstić information content (AvgIpc) is 3.05. The van der Waals surface area contributed by atoms with Crippen LogP contribution in [0.2, 0.25) is 5.02 Å². The highest BCUT2D eigenvalue weighted by atomic mass is 35.5. The number of rotatable bonds is 9. The van der Waals surface area contributed by atoms with E-state index in [0.717, 1.165) is 11.4 Å². The van der Waals surface area contributed by atoms with Crippen LogP contribution in [0.1, 0.15) is 28.3 Å². The Morgan fingerprint density at radius 1 is 1.15 bits per heavy atom. The first kappa shape index (κ1) is 28.6. The van der Waals surface area contributed by atoms with E-state index in [2.05, 4.69) is 15.4 Å². The Morgan fingerprint density at radius 3 is 2.27 bits per heavy atom. The van der Waals surface area contributed by atoms with Crippen LogP contribution in [0.15, 0.2) is 18.2 Å². The van der Waals surface area contributed by atoms with Crippen molar-refractivity contribution in [2.75, 3.05) is 18.1 Å². The van der Waals surface area contributed by atoms with Crippen LogP contribution in [-0.2, 0) is 9.59 Å². The summed E-state index contributed by atoms with van der Waals surface area (Å²) in [6.07, 6.45) is -4.96. The van der Waals surface area contributed by atoms with E-state index in [1.165, 1.54) is 21.6 Å². The summed E-state index contributed by atoms with van der Waals surface area (Å²) in [7, 11) is 2.98. The predicted molar refractivity (Wildman–Crippen MR) is 119 cm³/mol. The molecule has 9 nitrogen and oxygen atoms in total. The number of carboxylic acid groups (broad SMARTS) is 2. The molecule has 1 amide bonds. The van der Waals surface area contributed by atoms with Gasteiger partial charge in [0.15, 0.2) is 5.82 Å². The van der Waals surface area contributed by atoms with E-state index < -0.39 is 18.1 Å². The second-order valence-corrected chi connectivity index (χ2v) is 9.29. The Labute approximate surface area is 199 Å². The van der Waals surface area contributed by atoms with Crippen LogP contribution in [0.3, 0.4) is 0 Å². The molecule has 0 atom stereocenters. The first-order valence-corrected chi connectivity index (χ1v) is 11.9. The fraction of sp³-hybridized carbons (Fsp3) is 0.389. The summed E-state index contributed by atoms with van der Waals surface area (Å²) in [5.41, 5.74) is 1.93. The van der Waals surface area contributed by atoms with Crippen molar-refractivity contribution in [2.45, 2.75) is 26.4 Å². The van der Waals surface area contributed by atoms with Gasteiger partial charge >= 0.3 is 18.1 Å². The van der Waals surface area contributed by atoms with Crippen LogP contribution in [0.25, 0.3) is 5.82 Å². The number of hydrogen-bond acceptors (Lipinski definition) is 7. The van der Waals surface area contributed by atoms with Gasteiger partial charge in [0.2, 0.25) is 0 Å². The van der Waals surface area contributed by atoms with Crippen LogP contribution in [0.4, 0.5) is 13.2 Å². The molecule has 15 heteroatoms. The number of carbonyl (C=O) groups is 3. The van der Waals surface area contributed by atoms with E-state index >= 15 is 0 Å². The van der Waals surface area contributed by atoms with Gasteiger partial charge in [-0.2, -0.15) is 18.3 Å². The molecule has 0 bridgehead atoms. The minimum absolute atomic E-state index is 0.128. The first-order chi connectivity index (χ1) is 15.3. The number of aliphatic carboxylic acids is 2. The lowest BCUT2D eigenvalue weighted by Gasteiger charge is -2.09. The van der Waals surface area contributed by atoms with Gasteiger partial charge in [0.1, 0.15) is 5.69 Å². The monoisotopic (exact) mass is 528 g/mol. The maximum Gasteiger partial charge on any atom is 0.490 e. The molecule has 2 heterocycles. The molecule has 0 radical (unpaired) electrons. The fourth-order valence-corrected chi connectivity index (χ4v) is 4.18. The van der Waals surface area contributed by atoms with Crippen molar-refractivity contribution >= 4 is 51.0 Å². The summed E-state index contributed by atoms with van der Waals surface area (Å²) >= 11 is 6.12. The lowest BCUT2D eigenvalue weighted by Crippen LogP contribution is -2.27. The second-order valence-electron chi connectivity index (χ2n) is 6.19. The molecule has 2 aromatic rings. The van der Waals surface area contributed by atoms with Crippen molar-refractivity contribution in [3.63, 3.8) is 0 Å². The number of hydrogen-bond donors (Lipinski definition) is 3. The number of halogens is 4. The van der Waals surface area contributed by atoms with Gasteiger partial charge in [0.25, 0.3) is 5.91 Å². The molecule has 182 valence electrons. The van der Waals surface area contributed by atoms with Crippen molar-refractivity contribution in [3.05, 3.63) is 40.3 Å². The SMILES string of the molecule is Cc1cc(C)n(-c2ccc(Cl)c(C(=O)NCCSSCCC(=O)O)n2)n1.O=C(O)C(F)(F)F. The molecular weight excluding hydrogens is 509 g/mol. The zero-order valence-electron chi connectivity index (χ0n) is 17.3. The van der Waals surface area contributed by atoms with E-state index in [1.807, 2.05) is 19.9 Å². The Hall–Kier alpha value is -2.45. The summed E-state index contributed by atoms with van der Waals surface area (Å²) in [6, 6.07) is 5.27. The van der Waals surface area contributed by atoms with Crippen LogP contribution in [0, 0.1) is 13.8 Å². The topological polar surface area (TPSA) is 134 Å². The third kappa shape index (κ3) is 10.4. The normalized spacial score (nSPS) is 10.8. The summed E-state index contributed by atoms with van der Waals surface area (Å²) < 4.78 is 33.4. The van der Waals surface area contributed by atoms with Crippen molar-refractivity contribution in [2.24, 2.45) is 0 Å². The fourth-order valence-electron chi connectivity index (χ4n) is 2.11. The molecule has 0 fully saturated rings. The maximum absolute atomic E-state index is 12.3. The van der Waals surface area contributed by atoms with Gasteiger partial charge in [-0.25, -0.2) is 14.5 Å². The molecule has 0 aliphatic rings. The highest BCUT2D eigenvalue weighted by Gasteiger charge is 2.38. The molecule has 33 heavy (non-hydrogen) atoms. The van der Waals surface area contributed by atoms with Gasteiger partial charge in [-0.15, -0.1) is 0 Å². The summed E-state index contributed by atoms with van der Waals surface area (Å²) in [4.78, 5) is 36.0. The van der Waals surface area contributed by atoms with Gasteiger partial charge < -0.3 is 15.5 Å². The number of aromatic nitrogens is 3. The molecule has 0 aromatic carbocycles. The van der Waals surface area contributed by atoms with E-state index in [4.69, 9.17) is 26.6 Å². The minimum Gasteiger partial charge on any atom is -0.481 e. The molecule has 2 aromatic heterocycles. The smallest absolute Gasteiger partial charge is 0.481 e. The van der Waals surface area contributed by atoms with E-state index in [-0.39, 0.29) is 23.0 Å². The van der Waals surface area contributed by atoms with Crippen molar-refractivity contribution < 1.29 is 37.8 Å². The van der Waals surface area contributed by atoms with Crippen LogP contribution in [0.5, 0.6) is 0 Å². The van der Waals surface area contributed by atoms with Gasteiger partial charge in [-0.3, -0.25) is 9.59 Å². The summed E-state index contributed by atoms with van der Waals surface area (Å²) in [5.74, 6) is -2.20. The lowest BCUT2D eigenvalue weighted by atomic mass is 10.3. The Balaban J connectivity index is 0.000000675. The van der Waals surface area contributed by atoms with E-state index in [1.54, 1.807) is 16.8 Å². The number of aryl methyl sites for hydroxylation is 2. The van der Waals surface area contributed by atoms with E-state index in [0.29, 0.717) is 23.9 Å². The zero-order chi connectivity index (χ0) is 25.2. The summed E-state index contributed by atoms with van der Waals surface area (Å²) in [5, 5.41) is 23.1. The Kier molecular flexibility index (Phi) is 11.5. The molecule has 0 unspecified atom stereocenters. The molecule has 0 aliphatic carbocycles. The number of pyridine rings is 1. The lowest BCUT2D eigenvalue weighted by molar-refractivity contribution is -0.192. The third-order valence-electron chi connectivity index (χ3n) is 3.47. The zero-order valence-corrected chi connectivity index (χ0v) is 19.7. The van der Waals surface area contributed by atoms with Crippen molar-refractivity contribution in [3.8, 4) is 5.82 Å². The largest absolute Gasteiger partial charge is 0.490 e. The highest BCUT2D eigenvalue weighted by Crippen LogP contribution is 2.21. The van der Waals surface area contributed by atoms with Gasteiger partial charge in [-0.05, 0) is 32.0 Å². The predicted octanol–water partition coefficient (Wildman–Crippen LogP) is 3.76. The standard InChI is InChI=1S/C16H19ClN4O3S2.C2HF3O2/c1-10-9-11(2)21(20-10)13-4-3-12(17)15(19-13)16(24)18-6-8-26-25-7-5-14(22)23;3-2(4,5)1(6)7/h3-4,9H,5-8H2,1-2H3,(H,18,24)(H,22,23);(H,6,7). The third-order valence-corrected chi connectivity index (χ3v) is 6.18. The molecule has 3 N–H and O–H groups in total. The maximum atomic E-state index is 12.3. The number of alkyl halides is 3. The van der Waals surface area contributed by atoms with Gasteiger partial charge in [0.05, 0.1) is 17.1 Å². The number of nitrogens with zero attached hydrogens (tertiary/aromatic N) is 3. The van der Waals surface area contributed by atoms with Gasteiger partial charge in [-0.1, -0.05) is 33.2 Å². The van der Waals surface area contributed by atoms with E-state index in [9.17, 15) is 22.8 Å². The number of nitrogens with one attached hydrogen (secondary N) is 1. The molecule has 0 saturated heterocycles. The highest BCUT2D eigenvalue weighted by molar-refractivity contribution is 8.76. The second kappa shape index (κ2) is 13.3. The van der Waals surface area contributed by atoms with Crippen LogP contribution >= 0.6 is 33.2 Å². The minimum atomic E-state index is -5.08. The Morgan fingerprint density at radius 2 is 1.76 bits per heavy atom.